The standard InChI is InChI=1S/C52H74N4O8S4/c1-15-53(65(57,58)49-41(7)29-37(3)30-42(49)8)23-17-19-25-55(67(61,62)51-45(11)33-39(5)34-46(51)12)27-21-22-28-56(68(63,64)52-47(13)35-40(6)36-48(52)14)26-20-18-24-54(16-2)66(59,60)50-43(9)31-38(4)32-44(50)10/h29-36H,15-20,23-28H2,1-14H3. The fraction of sp³-hybridized carbons (Fsp3) is 0.500. The fourth-order valence-corrected chi connectivity index (χ4v) is 17.1. The van der Waals surface area contributed by atoms with Crippen molar-refractivity contribution in [3.8, 4) is 11.8 Å². The minimum absolute atomic E-state index is 0.0478. The van der Waals surface area contributed by atoms with Crippen LogP contribution in [0.5, 0.6) is 0 Å². The molecule has 12 nitrogen and oxygen atoms in total. The summed E-state index contributed by atoms with van der Waals surface area (Å²) >= 11 is 0. The summed E-state index contributed by atoms with van der Waals surface area (Å²) in [6.07, 6.45) is 1.43. The first kappa shape index (κ1) is 56.7. The van der Waals surface area contributed by atoms with Gasteiger partial charge in [-0.05, 0) is 153 Å². The number of aryl methyl sites for hydroxylation is 12. The lowest BCUT2D eigenvalue weighted by Crippen LogP contribution is -2.36. The van der Waals surface area contributed by atoms with Crippen molar-refractivity contribution in [3.63, 3.8) is 0 Å². The highest BCUT2D eigenvalue weighted by atomic mass is 32.2. The van der Waals surface area contributed by atoms with Gasteiger partial charge in [-0.15, -0.1) is 0 Å². The Kier molecular flexibility index (Phi) is 19.4. The Morgan fingerprint density at radius 1 is 0.324 bits per heavy atom. The Morgan fingerprint density at radius 3 is 0.691 bits per heavy atom. The Labute approximate surface area is 410 Å². The van der Waals surface area contributed by atoms with Crippen LogP contribution in [0.2, 0.25) is 0 Å². The molecule has 0 unspecified atom stereocenters. The number of hydrogen-bond donors (Lipinski definition) is 0. The van der Waals surface area contributed by atoms with Crippen LogP contribution in [0.15, 0.2) is 68.1 Å². The van der Waals surface area contributed by atoms with Crippen molar-refractivity contribution in [2.45, 2.75) is 142 Å². The molecule has 0 N–H and O–H groups in total. The number of benzene rings is 4. The molecule has 0 radical (unpaired) electrons. The first-order valence-corrected chi connectivity index (χ1v) is 29.2. The van der Waals surface area contributed by atoms with Crippen LogP contribution in [0.3, 0.4) is 0 Å². The minimum Gasteiger partial charge on any atom is -0.207 e. The van der Waals surface area contributed by atoms with Gasteiger partial charge >= 0.3 is 0 Å². The molecule has 4 rings (SSSR count). The normalized spacial score (nSPS) is 12.7. The van der Waals surface area contributed by atoms with Crippen LogP contribution in [-0.2, 0) is 40.1 Å². The lowest BCUT2D eigenvalue weighted by atomic mass is 10.1. The van der Waals surface area contributed by atoms with Gasteiger partial charge in [0.05, 0.1) is 32.7 Å². The summed E-state index contributed by atoms with van der Waals surface area (Å²) in [6.45, 7) is 25.9. The Balaban J connectivity index is 1.62. The molecule has 374 valence electrons. The van der Waals surface area contributed by atoms with E-state index in [1.807, 2.05) is 76.2 Å². The molecular weight excluding hydrogens is 937 g/mol. The third kappa shape index (κ3) is 13.1. The van der Waals surface area contributed by atoms with Crippen LogP contribution in [0.4, 0.5) is 0 Å². The molecule has 0 aromatic heterocycles. The zero-order chi connectivity index (χ0) is 51.1. The Morgan fingerprint density at radius 2 is 0.500 bits per heavy atom. The summed E-state index contributed by atoms with van der Waals surface area (Å²) in [5.41, 5.74) is 8.86. The maximum atomic E-state index is 14.6. The van der Waals surface area contributed by atoms with E-state index in [9.17, 15) is 33.7 Å². The molecule has 0 aliphatic carbocycles. The van der Waals surface area contributed by atoms with Crippen molar-refractivity contribution in [2.75, 3.05) is 52.4 Å². The van der Waals surface area contributed by atoms with Crippen LogP contribution in [0, 0.1) is 94.9 Å². The highest BCUT2D eigenvalue weighted by Gasteiger charge is 2.32. The summed E-state index contributed by atoms with van der Waals surface area (Å²) < 4.78 is 119. The largest absolute Gasteiger partial charge is 0.244 e. The van der Waals surface area contributed by atoms with E-state index in [1.165, 1.54) is 17.2 Å². The summed E-state index contributed by atoms with van der Waals surface area (Å²) in [5.74, 6) is 5.99. The topological polar surface area (TPSA) is 150 Å². The fourth-order valence-electron chi connectivity index (χ4n) is 9.72. The molecule has 68 heavy (non-hydrogen) atoms. The first-order valence-electron chi connectivity index (χ1n) is 23.4. The highest BCUT2D eigenvalue weighted by Crippen LogP contribution is 2.30. The number of rotatable bonds is 22. The number of sulfonamides is 4. The first-order chi connectivity index (χ1) is 31.6. The molecule has 0 saturated heterocycles. The number of nitrogens with zero attached hydrogens (tertiary/aromatic N) is 4. The van der Waals surface area contributed by atoms with Gasteiger partial charge in [-0.25, -0.2) is 33.7 Å². The molecule has 0 saturated carbocycles. The average Bonchev–Trinajstić information content (AvgIpc) is 3.18. The van der Waals surface area contributed by atoms with E-state index in [-0.39, 0.29) is 71.9 Å². The lowest BCUT2D eigenvalue weighted by Gasteiger charge is -2.25. The van der Waals surface area contributed by atoms with E-state index >= 15 is 0 Å². The molecule has 0 spiro atoms. The SMILES string of the molecule is CCN(CCCCN(CC#CCN(CCCCN(CC)S(=O)(=O)c1c(C)cc(C)cc1C)S(=O)(=O)c1c(C)cc(C)cc1C)S(=O)(=O)c1c(C)cc(C)cc1C)S(=O)(=O)c1c(C)cc(C)cc1C. The molecule has 0 fully saturated rings. The smallest absolute Gasteiger partial charge is 0.207 e. The van der Waals surface area contributed by atoms with Crippen LogP contribution in [0.25, 0.3) is 0 Å². The predicted molar refractivity (Wildman–Crippen MR) is 275 cm³/mol. The summed E-state index contributed by atoms with van der Waals surface area (Å²) in [4.78, 5) is 0.937. The summed E-state index contributed by atoms with van der Waals surface area (Å²) in [5, 5.41) is 0. The van der Waals surface area contributed by atoms with Gasteiger partial charge in [-0.3, -0.25) is 0 Å². The van der Waals surface area contributed by atoms with Gasteiger partial charge in [-0.2, -0.15) is 17.2 Å². The molecule has 4 aromatic carbocycles. The average molecular weight is 1010 g/mol. The van der Waals surface area contributed by atoms with E-state index in [0.717, 1.165) is 22.3 Å². The van der Waals surface area contributed by atoms with Crippen LogP contribution in [-0.4, -0.2) is 103 Å². The van der Waals surface area contributed by atoms with Gasteiger partial charge in [0.15, 0.2) is 0 Å². The molecule has 16 heteroatoms. The van der Waals surface area contributed by atoms with Crippen molar-refractivity contribution >= 4 is 40.1 Å². The lowest BCUT2D eigenvalue weighted by molar-refractivity contribution is 0.387. The third-order valence-corrected chi connectivity index (χ3v) is 21.1. The molecule has 0 aliphatic rings. The Bertz CT molecular complexity index is 2720. The molecule has 0 amide bonds. The predicted octanol–water partition coefficient (Wildman–Crippen LogP) is 9.05. The third-order valence-electron chi connectivity index (χ3n) is 12.3. The molecule has 0 heterocycles. The van der Waals surface area contributed by atoms with E-state index in [0.29, 0.717) is 70.2 Å². The van der Waals surface area contributed by atoms with Crippen LogP contribution >= 0.6 is 0 Å². The maximum Gasteiger partial charge on any atom is 0.244 e. The van der Waals surface area contributed by atoms with Crippen LogP contribution < -0.4 is 0 Å². The molecular formula is C52H74N4O8S4. The van der Waals surface area contributed by atoms with E-state index < -0.39 is 40.1 Å². The molecule has 0 aliphatic heterocycles. The van der Waals surface area contributed by atoms with E-state index in [4.69, 9.17) is 0 Å². The van der Waals surface area contributed by atoms with Crippen molar-refractivity contribution in [1.82, 2.24) is 17.2 Å². The second kappa shape index (κ2) is 23.3. The molecule has 0 bridgehead atoms. The van der Waals surface area contributed by atoms with Crippen molar-refractivity contribution in [3.05, 3.63) is 115 Å². The van der Waals surface area contributed by atoms with Gasteiger partial charge in [0.1, 0.15) is 0 Å². The maximum absolute atomic E-state index is 14.6. The van der Waals surface area contributed by atoms with Gasteiger partial charge in [0.2, 0.25) is 40.1 Å². The summed E-state index contributed by atoms with van der Waals surface area (Å²) in [7, 11) is -15.9. The Hall–Kier alpha value is -3.92. The van der Waals surface area contributed by atoms with Gasteiger partial charge in [0.25, 0.3) is 0 Å². The zero-order valence-corrected chi connectivity index (χ0v) is 46.1. The van der Waals surface area contributed by atoms with Gasteiger partial charge in [-0.1, -0.05) is 96.5 Å². The second-order valence-corrected chi connectivity index (χ2v) is 25.8. The number of hydrogen-bond acceptors (Lipinski definition) is 8. The van der Waals surface area contributed by atoms with Crippen molar-refractivity contribution in [1.29, 1.82) is 0 Å². The van der Waals surface area contributed by atoms with Crippen molar-refractivity contribution < 1.29 is 33.7 Å². The van der Waals surface area contributed by atoms with E-state index in [1.54, 1.807) is 69.2 Å². The van der Waals surface area contributed by atoms with Gasteiger partial charge < -0.3 is 0 Å². The molecule has 0 atom stereocenters. The summed E-state index contributed by atoms with van der Waals surface area (Å²) in [6, 6.07) is 14.7. The van der Waals surface area contributed by atoms with Crippen molar-refractivity contribution in [2.24, 2.45) is 0 Å². The van der Waals surface area contributed by atoms with E-state index in [2.05, 4.69) is 11.8 Å². The van der Waals surface area contributed by atoms with Gasteiger partial charge in [0, 0.05) is 39.3 Å². The zero-order valence-electron chi connectivity index (χ0n) is 42.8. The highest BCUT2D eigenvalue weighted by molar-refractivity contribution is 7.90. The quantitative estimate of drug-likeness (QED) is 0.0560. The second-order valence-electron chi connectivity index (χ2n) is 18.3. The van der Waals surface area contributed by atoms with Crippen LogP contribution in [0.1, 0.15) is 106 Å². The molecule has 4 aromatic rings. The number of unbranched alkanes of at least 4 members (excludes halogenated alkanes) is 2. The minimum atomic E-state index is -4.11. The monoisotopic (exact) mass is 1010 g/mol.